The third-order valence-electron chi connectivity index (χ3n) is 8.74. The zero-order valence-corrected chi connectivity index (χ0v) is 26.6. The normalized spacial score (nSPS) is 16.5. The monoisotopic (exact) mass is 608 g/mol. The van der Waals surface area contributed by atoms with Crippen LogP contribution >= 0.6 is 0 Å². The number of hydrogen-bond donors (Lipinski definition) is 1. The third kappa shape index (κ3) is 7.27. The van der Waals surface area contributed by atoms with Crippen molar-refractivity contribution >= 4 is 17.3 Å². The van der Waals surface area contributed by atoms with Gasteiger partial charge >= 0.3 is 0 Å². The Bertz CT molecular complexity index is 1380. The summed E-state index contributed by atoms with van der Waals surface area (Å²) in [6.07, 6.45) is 6.52. The molecule has 44 heavy (non-hydrogen) atoms. The Morgan fingerprint density at radius 3 is 2.18 bits per heavy atom. The van der Waals surface area contributed by atoms with Gasteiger partial charge in [0, 0.05) is 80.7 Å². The van der Waals surface area contributed by atoms with Crippen molar-refractivity contribution in [1.29, 1.82) is 0 Å². The molecule has 238 valence electrons. The first-order valence-electron chi connectivity index (χ1n) is 15.4. The molecule has 2 aromatic carbocycles. The van der Waals surface area contributed by atoms with E-state index in [2.05, 4.69) is 43.1 Å². The molecule has 0 spiro atoms. The molecule has 0 amide bonds. The Morgan fingerprint density at radius 2 is 1.55 bits per heavy atom. The average Bonchev–Trinajstić information content (AvgIpc) is 3.06. The van der Waals surface area contributed by atoms with E-state index >= 15 is 4.39 Å². The number of hydrogen-bond acceptors (Lipinski definition) is 10. The van der Waals surface area contributed by atoms with Crippen LogP contribution in [0.1, 0.15) is 30.9 Å². The van der Waals surface area contributed by atoms with E-state index in [-0.39, 0.29) is 18.2 Å². The highest BCUT2D eigenvalue weighted by Crippen LogP contribution is 2.35. The summed E-state index contributed by atoms with van der Waals surface area (Å²) in [5.74, 6) is 2.13. The van der Waals surface area contributed by atoms with Gasteiger partial charge in [0.05, 0.1) is 46.0 Å². The van der Waals surface area contributed by atoms with E-state index in [9.17, 15) is 0 Å². The smallest absolute Gasteiger partial charge is 0.227 e. The molecular formula is C33H45FN6O4. The Hall–Kier alpha value is -3.83. The van der Waals surface area contributed by atoms with Gasteiger partial charge in [-0.3, -0.25) is 4.90 Å². The van der Waals surface area contributed by atoms with Gasteiger partial charge in [0.15, 0.2) is 17.3 Å². The molecular weight excluding hydrogens is 563 g/mol. The zero-order chi connectivity index (χ0) is 31.1. The van der Waals surface area contributed by atoms with Gasteiger partial charge in [0.25, 0.3) is 0 Å². The van der Waals surface area contributed by atoms with Crippen LogP contribution in [0.2, 0.25) is 0 Å². The van der Waals surface area contributed by atoms with Crippen LogP contribution < -0.4 is 29.2 Å². The minimum Gasteiger partial charge on any atom is -0.496 e. The number of aromatic nitrogens is 2. The Balaban J connectivity index is 1.15. The molecule has 0 aliphatic carbocycles. The van der Waals surface area contributed by atoms with Crippen molar-refractivity contribution in [3.8, 4) is 23.0 Å². The van der Waals surface area contributed by atoms with Gasteiger partial charge in [-0.2, -0.15) is 0 Å². The highest BCUT2D eigenvalue weighted by molar-refractivity contribution is 5.67. The maximum absolute atomic E-state index is 15.0. The van der Waals surface area contributed by atoms with Crippen LogP contribution in [-0.4, -0.2) is 100 Å². The van der Waals surface area contributed by atoms with E-state index in [0.29, 0.717) is 41.9 Å². The lowest BCUT2D eigenvalue weighted by molar-refractivity contribution is 0.0981. The van der Waals surface area contributed by atoms with Crippen molar-refractivity contribution in [2.24, 2.45) is 0 Å². The molecule has 1 N–H and O–H groups in total. The summed E-state index contributed by atoms with van der Waals surface area (Å²) in [6.45, 7) is 8.89. The summed E-state index contributed by atoms with van der Waals surface area (Å²) in [4.78, 5) is 16.3. The molecule has 1 aromatic heterocycles. The van der Waals surface area contributed by atoms with Crippen molar-refractivity contribution in [1.82, 2.24) is 19.8 Å². The molecule has 10 nitrogen and oxygen atoms in total. The molecule has 2 aliphatic heterocycles. The van der Waals surface area contributed by atoms with E-state index in [1.165, 1.54) is 20.2 Å². The van der Waals surface area contributed by atoms with Gasteiger partial charge in [-0.1, -0.05) is 6.92 Å². The maximum Gasteiger partial charge on any atom is 0.227 e. The fourth-order valence-corrected chi connectivity index (χ4v) is 6.21. The average molecular weight is 609 g/mol. The van der Waals surface area contributed by atoms with E-state index in [0.717, 1.165) is 61.7 Å². The SMILES string of the molecule is CCc1c(OC)cc(OC)c(F)c1CCOc1cnc(Nc2ccc(N3CCC(N4CCN(C)CC4)CC3)c(OC)c2)nc1. The topological polar surface area (TPSA) is 84.5 Å². The molecule has 2 fully saturated rings. The summed E-state index contributed by atoms with van der Waals surface area (Å²) in [5, 5.41) is 3.26. The predicted molar refractivity (Wildman–Crippen MR) is 171 cm³/mol. The summed E-state index contributed by atoms with van der Waals surface area (Å²) in [6, 6.07) is 8.36. The molecule has 11 heteroatoms. The van der Waals surface area contributed by atoms with Crippen LogP contribution in [0.25, 0.3) is 0 Å². The van der Waals surface area contributed by atoms with Gasteiger partial charge in [-0.05, 0) is 38.4 Å². The number of rotatable bonds is 12. The molecule has 2 saturated heterocycles. The molecule has 0 radical (unpaired) electrons. The van der Waals surface area contributed by atoms with Gasteiger partial charge in [-0.25, -0.2) is 14.4 Å². The number of methoxy groups -OCH3 is 3. The molecule has 0 bridgehead atoms. The van der Waals surface area contributed by atoms with E-state index in [1.807, 2.05) is 19.1 Å². The maximum atomic E-state index is 15.0. The summed E-state index contributed by atoms with van der Waals surface area (Å²) in [5.41, 5.74) is 3.28. The van der Waals surface area contributed by atoms with Crippen LogP contribution in [0, 0.1) is 5.82 Å². The first-order chi connectivity index (χ1) is 21.4. The van der Waals surface area contributed by atoms with Crippen molar-refractivity contribution in [2.75, 3.05) is 84.5 Å². The quantitative estimate of drug-likeness (QED) is 0.310. The number of benzene rings is 2. The number of piperazine rings is 1. The fourth-order valence-electron chi connectivity index (χ4n) is 6.21. The third-order valence-corrected chi connectivity index (χ3v) is 8.74. The van der Waals surface area contributed by atoms with Crippen molar-refractivity contribution in [3.05, 3.63) is 53.6 Å². The summed E-state index contributed by atoms with van der Waals surface area (Å²) < 4.78 is 37.3. The van der Waals surface area contributed by atoms with Crippen molar-refractivity contribution in [3.63, 3.8) is 0 Å². The zero-order valence-electron chi connectivity index (χ0n) is 26.6. The molecule has 0 unspecified atom stereocenters. The van der Waals surface area contributed by atoms with Gasteiger partial charge < -0.3 is 34.1 Å². The summed E-state index contributed by atoms with van der Waals surface area (Å²) >= 11 is 0. The molecule has 2 aliphatic rings. The summed E-state index contributed by atoms with van der Waals surface area (Å²) in [7, 11) is 6.93. The predicted octanol–water partition coefficient (Wildman–Crippen LogP) is 4.79. The molecule has 5 rings (SSSR count). The molecule has 0 atom stereocenters. The number of piperidine rings is 1. The van der Waals surface area contributed by atoms with Gasteiger partial charge in [0.2, 0.25) is 5.95 Å². The number of anilines is 3. The molecule has 0 saturated carbocycles. The number of halogens is 1. The standard InChI is InChI=1S/C33H45FN6O4/c1-6-26-27(32(34)31(43-5)20-29(26)41-3)11-18-44-25-21-35-33(36-22-25)37-23-7-8-28(30(19-23)42-4)40-12-9-24(10-13-40)39-16-14-38(2)15-17-39/h7-8,19-22,24H,6,9-18H2,1-5H3,(H,35,36,37). The fraction of sp³-hybridized carbons (Fsp3) is 0.515. The lowest BCUT2D eigenvalue weighted by Crippen LogP contribution is -2.52. The largest absolute Gasteiger partial charge is 0.496 e. The minimum atomic E-state index is -0.388. The minimum absolute atomic E-state index is 0.156. The lowest BCUT2D eigenvalue weighted by atomic mass is 10.00. The highest BCUT2D eigenvalue weighted by atomic mass is 19.1. The highest BCUT2D eigenvalue weighted by Gasteiger charge is 2.28. The first kappa shape index (κ1) is 31.6. The second-order valence-corrected chi connectivity index (χ2v) is 11.3. The van der Waals surface area contributed by atoms with Crippen molar-refractivity contribution < 1.29 is 23.3 Å². The molecule has 3 heterocycles. The van der Waals surface area contributed by atoms with Gasteiger partial charge in [-0.15, -0.1) is 0 Å². The van der Waals surface area contributed by atoms with Crippen LogP contribution in [0.15, 0.2) is 36.7 Å². The van der Waals surface area contributed by atoms with Crippen LogP contribution in [0.4, 0.5) is 21.7 Å². The Kier molecular flexibility index (Phi) is 10.6. The Labute approximate surface area is 260 Å². The lowest BCUT2D eigenvalue weighted by Gasteiger charge is -2.42. The van der Waals surface area contributed by atoms with E-state index < -0.39 is 0 Å². The van der Waals surface area contributed by atoms with Crippen LogP contribution in [0.3, 0.4) is 0 Å². The molecule has 3 aromatic rings. The van der Waals surface area contributed by atoms with Crippen molar-refractivity contribution in [2.45, 2.75) is 38.6 Å². The second-order valence-electron chi connectivity index (χ2n) is 11.3. The van der Waals surface area contributed by atoms with Crippen LogP contribution in [0.5, 0.6) is 23.0 Å². The number of nitrogens with zero attached hydrogens (tertiary/aromatic N) is 5. The van der Waals surface area contributed by atoms with Crippen LogP contribution in [-0.2, 0) is 12.8 Å². The van der Waals surface area contributed by atoms with E-state index in [1.54, 1.807) is 32.7 Å². The Morgan fingerprint density at radius 1 is 0.864 bits per heavy atom. The second kappa shape index (κ2) is 14.8. The number of likely N-dealkylation sites (N-methyl/N-ethyl adjacent to an activating group) is 1. The van der Waals surface area contributed by atoms with Gasteiger partial charge in [0.1, 0.15) is 11.5 Å². The number of nitrogens with one attached hydrogen (secondary N) is 1. The first-order valence-corrected chi connectivity index (χ1v) is 15.4. The van der Waals surface area contributed by atoms with E-state index in [4.69, 9.17) is 18.9 Å². The number of ether oxygens (including phenoxy) is 4.